The third kappa shape index (κ3) is 2.96. The van der Waals surface area contributed by atoms with Gasteiger partial charge in [-0.15, -0.1) is 0 Å². The van der Waals surface area contributed by atoms with Crippen molar-refractivity contribution in [2.75, 3.05) is 19.7 Å². The Morgan fingerprint density at radius 2 is 1.94 bits per heavy atom. The van der Waals surface area contributed by atoms with Gasteiger partial charge < -0.3 is 10.8 Å². The lowest BCUT2D eigenvalue weighted by Gasteiger charge is -2.45. The van der Waals surface area contributed by atoms with Gasteiger partial charge in [-0.1, -0.05) is 12.8 Å². The molecule has 3 N–H and O–H groups in total. The second kappa shape index (κ2) is 5.99. The van der Waals surface area contributed by atoms with Crippen LogP contribution >= 0.6 is 0 Å². The molecule has 0 aromatic carbocycles. The standard InChI is InChI=1S/C13H26N2O/c14-12(7-9-16)10-15-8-3-5-11-4-1-2-6-13(11)15/h11-13,16H,1-10,14H2/t11-,12?,13-/m1/s1. The summed E-state index contributed by atoms with van der Waals surface area (Å²) < 4.78 is 0. The summed E-state index contributed by atoms with van der Waals surface area (Å²) in [5.41, 5.74) is 6.04. The van der Waals surface area contributed by atoms with Crippen molar-refractivity contribution in [2.45, 2.75) is 57.0 Å². The van der Waals surface area contributed by atoms with E-state index in [1.165, 1.54) is 45.1 Å². The fourth-order valence-electron chi connectivity index (χ4n) is 3.51. The molecule has 2 rings (SSSR count). The number of nitrogens with two attached hydrogens (primary N) is 1. The lowest BCUT2D eigenvalue weighted by atomic mass is 9.78. The first-order valence-electron chi connectivity index (χ1n) is 6.91. The van der Waals surface area contributed by atoms with Crippen LogP contribution in [0, 0.1) is 5.92 Å². The summed E-state index contributed by atoms with van der Waals surface area (Å²) in [6.07, 6.45) is 9.13. The SMILES string of the molecule is NC(CCO)CN1CCC[C@H]2CCCC[C@H]21. The van der Waals surface area contributed by atoms with E-state index < -0.39 is 0 Å². The average molecular weight is 226 g/mol. The van der Waals surface area contributed by atoms with Crippen molar-refractivity contribution in [3.8, 4) is 0 Å². The summed E-state index contributed by atoms with van der Waals surface area (Å²) in [7, 11) is 0. The highest BCUT2D eigenvalue weighted by atomic mass is 16.3. The minimum absolute atomic E-state index is 0.158. The molecule has 3 nitrogen and oxygen atoms in total. The molecular weight excluding hydrogens is 200 g/mol. The van der Waals surface area contributed by atoms with Crippen LogP contribution in [0.4, 0.5) is 0 Å². The van der Waals surface area contributed by atoms with Crippen molar-refractivity contribution in [3.05, 3.63) is 0 Å². The Balaban J connectivity index is 1.87. The third-order valence-corrected chi connectivity index (χ3v) is 4.33. The summed E-state index contributed by atoms with van der Waals surface area (Å²) >= 11 is 0. The highest BCUT2D eigenvalue weighted by Crippen LogP contribution is 2.35. The van der Waals surface area contributed by atoms with Crippen molar-refractivity contribution >= 4 is 0 Å². The normalized spacial score (nSPS) is 33.4. The largest absolute Gasteiger partial charge is 0.396 e. The van der Waals surface area contributed by atoms with Gasteiger partial charge in [0.15, 0.2) is 0 Å². The number of fused-ring (bicyclic) bond motifs is 1. The molecule has 1 aliphatic heterocycles. The molecule has 0 aromatic heterocycles. The molecule has 94 valence electrons. The second-order valence-corrected chi connectivity index (χ2v) is 5.52. The van der Waals surface area contributed by atoms with Gasteiger partial charge in [0.1, 0.15) is 0 Å². The molecular formula is C13H26N2O. The van der Waals surface area contributed by atoms with Gasteiger partial charge >= 0.3 is 0 Å². The highest BCUT2D eigenvalue weighted by Gasteiger charge is 2.33. The molecule has 16 heavy (non-hydrogen) atoms. The van der Waals surface area contributed by atoms with Crippen LogP contribution in [0.1, 0.15) is 44.9 Å². The zero-order valence-corrected chi connectivity index (χ0v) is 10.3. The van der Waals surface area contributed by atoms with E-state index in [2.05, 4.69) is 4.90 Å². The van der Waals surface area contributed by atoms with Crippen LogP contribution in [0.2, 0.25) is 0 Å². The number of aliphatic hydroxyl groups excluding tert-OH is 1. The Morgan fingerprint density at radius 1 is 1.19 bits per heavy atom. The molecule has 2 fully saturated rings. The zero-order chi connectivity index (χ0) is 11.4. The van der Waals surface area contributed by atoms with E-state index in [0.29, 0.717) is 0 Å². The van der Waals surface area contributed by atoms with Gasteiger partial charge in [-0.3, -0.25) is 4.90 Å². The molecule has 1 heterocycles. The molecule has 0 bridgehead atoms. The molecule has 1 unspecified atom stereocenters. The maximum atomic E-state index is 8.90. The van der Waals surface area contributed by atoms with Crippen LogP contribution < -0.4 is 5.73 Å². The lowest BCUT2D eigenvalue weighted by Crippen LogP contribution is -2.51. The topological polar surface area (TPSA) is 49.5 Å². The minimum Gasteiger partial charge on any atom is -0.396 e. The van der Waals surface area contributed by atoms with Gasteiger partial charge in [0.05, 0.1) is 0 Å². The fraction of sp³-hybridized carbons (Fsp3) is 1.00. The Kier molecular flexibility index (Phi) is 4.62. The van der Waals surface area contributed by atoms with Crippen molar-refractivity contribution in [1.82, 2.24) is 4.90 Å². The van der Waals surface area contributed by atoms with E-state index in [1.807, 2.05) is 0 Å². The first-order valence-corrected chi connectivity index (χ1v) is 6.91. The van der Waals surface area contributed by atoms with E-state index in [9.17, 15) is 0 Å². The van der Waals surface area contributed by atoms with Gasteiger partial charge in [0.2, 0.25) is 0 Å². The van der Waals surface area contributed by atoms with Gasteiger partial charge in [-0.05, 0) is 44.6 Å². The number of piperidine rings is 1. The van der Waals surface area contributed by atoms with E-state index in [-0.39, 0.29) is 12.6 Å². The number of hydrogen-bond acceptors (Lipinski definition) is 3. The highest BCUT2D eigenvalue weighted by molar-refractivity contribution is 4.88. The van der Waals surface area contributed by atoms with Gasteiger partial charge in [-0.2, -0.15) is 0 Å². The first-order chi connectivity index (χ1) is 7.81. The quantitative estimate of drug-likeness (QED) is 0.761. The fourth-order valence-corrected chi connectivity index (χ4v) is 3.51. The smallest absolute Gasteiger partial charge is 0.0446 e. The maximum absolute atomic E-state index is 8.90. The summed E-state index contributed by atoms with van der Waals surface area (Å²) in [5, 5.41) is 8.90. The first kappa shape index (κ1) is 12.3. The zero-order valence-electron chi connectivity index (χ0n) is 10.3. The van der Waals surface area contributed by atoms with Crippen molar-refractivity contribution in [3.63, 3.8) is 0 Å². The van der Waals surface area contributed by atoms with Crippen LogP contribution in [0.3, 0.4) is 0 Å². The number of hydrogen-bond donors (Lipinski definition) is 2. The molecule has 0 radical (unpaired) electrons. The van der Waals surface area contributed by atoms with Gasteiger partial charge in [0.25, 0.3) is 0 Å². The van der Waals surface area contributed by atoms with Crippen molar-refractivity contribution in [2.24, 2.45) is 11.7 Å². The molecule has 3 heteroatoms. The molecule has 1 aliphatic carbocycles. The van der Waals surface area contributed by atoms with E-state index in [0.717, 1.165) is 24.9 Å². The minimum atomic E-state index is 0.158. The third-order valence-electron chi connectivity index (χ3n) is 4.33. The Morgan fingerprint density at radius 3 is 2.75 bits per heavy atom. The molecule has 1 saturated carbocycles. The molecule has 1 saturated heterocycles. The summed E-state index contributed by atoms with van der Waals surface area (Å²) in [6, 6.07) is 0.956. The predicted octanol–water partition coefficient (Wildman–Crippen LogP) is 1.35. The summed E-state index contributed by atoms with van der Waals surface area (Å²) in [5.74, 6) is 0.934. The number of rotatable bonds is 4. The Bertz CT molecular complexity index is 208. The Hall–Kier alpha value is -0.120. The van der Waals surface area contributed by atoms with Crippen LogP contribution in [0.15, 0.2) is 0 Å². The van der Waals surface area contributed by atoms with Crippen molar-refractivity contribution in [1.29, 1.82) is 0 Å². The second-order valence-electron chi connectivity index (χ2n) is 5.52. The number of nitrogens with zero attached hydrogens (tertiary/aromatic N) is 1. The average Bonchev–Trinajstić information content (AvgIpc) is 2.30. The maximum Gasteiger partial charge on any atom is 0.0446 e. The van der Waals surface area contributed by atoms with Crippen LogP contribution in [-0.2, 0) is 0 Å². The van der Waals surface area contributed by atoms with Gasteiger partial charge in [-0.25, -0.2) is 0 Å². The molecule has 0 aromatic rings. The summed E-state index contributed by atoms with van der Waals surface area (Å²) in [6.45, 7) is 2.44. The number of likely N-dealkylation sites (tertiary alicyclic amines) is 1. The van der Waals surface area contributed by atoms with E-state index in [1.54, 1.807) is 0 Å². The molecule has 3 atom stereocenters. The molecule has 0 amide bonds. The van der Waals surface area contributed by atoms with Crippen LogP contribution in [0.25, 0.3) is 0 Å². The van der Waals surface area contributed by atoms with Crippen LogP contribution in [0.5, 0.6) is 0 Å². The van der Waals surface area contributed by atoms with Crippen LogP contribution in [-0.4, -0.2) is 41.8 Å². The molecule has 0 spiro atoms. The van der Waals surface area contributed by atoms with Gasteiger partial charge in [0, 0.05) is 25.2 Å². The van der Waals surface area contributed by atoms with E-state index >= 15 is 0 Å². The monoisotopic (exact) mass is 226 g/mol. The van der Waals surface area contributed by atoms with E-state index in [4.69, 9.17) is 10.8 Å². The predicted molar refractivity (Wildman–Crippen MR) is 66.2 cm³/mol. The molecule has 2 aliphatic rings. The summed E-state index contributed by atoms with van der Waals surface area (Å²) in [4.78, 5) is 2.60. The van der Waals surface area contributed by atoms with Crippen molar-refractivity contribution < 1.29 is 5.11 Å². The lowest BCUT2D eigenvalue weighted by molar-refractivity contribution is 0.0541. The number of aliphatic hydroxyl groups is 1. The Labute approximate surface area is 99.0 Å².